The number of rotatable bonds is 7. The molecule has 1 N–H and O–H groups in total. The first-order valence-electron chi connectivity index (χ1n) is 11.4. The molecule has 1 saturated heterocycles. The predicted molar refractivity (Wildman–Crippen MR) is 130 cm³/mol. The van der Waals surface area contributed by atoms with Crippen LogP contribution in [0.1, 0.15) is 0 Å². The summed E-state index contributed by atoms with van der Waals surface area (Å²) in [5, 5.41) is 8.38. The Morgan fingerprint density at radius 2 is 1.82 bits per heavy atom. The Hall–Kier alpha value is -3.85. The number of carbonyl (C=O) groups excluding carboxylic acids is 1. The molecule has 9 nitrogen and oxygen atoms in total. The van der Waals surface area contributed by atoms with E-state index < -0.39 is 5.63 Å². The Morgan fingerprint density at radius 3 is 2.59 bits per heavy atom. The Morgan fingerprint density at radius 1 is 1.06 bits per heavy atom. The van der Waals surface area contributed by atoms with Crippen molar-refractivity contribution in [1.29, 1.82) is 0 Å². The summed E-state index contributed by atoms with van der Waals surface area (Å²) in [6.45, 7) is 5.14. The van der Waals surface area contributed by atoms with Gasteiger partial charge in [0.25, 0.3) is 0 Å². The zero-order valence-corrected chi connectivity index (χ0v) is 19.1. The third-order valence-corrected chi connectivity index (χ3v) is 6.26. The molecule has 0 radical (unpaired) electrons. The molecule has 0 spiro atoms. The molecule has 0 atom stereocenters. The summed E-state index contributed by atoms with van der Waals surface area (Å²) in [5.41, 5.74) is 1.85. The summed E-state index contributed by atoms with van der Waals surface area (Å²) in [7, 11) is 1.67. The van der Waals surface area contributed by atoms with E-state index in [0.29, 0.717) is 23.0 Å². The van der Waals surface area contributed by atoms with E-state index in [2.05, 4.69) is 32.3 Å². The molecule has 1 aliphatic rings. The van der Waals surface area contributed by atoms with Gasteiger partial charge in [0.05, 0.1) is 18.8 Å². The topological polar surface area (TPSA) is 92.8 Å². The molecule has 176 valence electrons. The summed E-state index contributed by atoms with van der Waals surface area (Å²) in [5.74, 6) is 0.720. The van der Waals surface area contributed by atoms with E-state index in [0.717, 1.165) is 43.9 Å². The van der Waals surface area contributed by atoms with Crippen LogP contribution in [0.15, 0.2) is 63.9 Å². The van der Waals surface area contributed by atoms with Crippen molar-refractivity contribution in [2.75, 3.05) is 51.3 Å². The number of ether oxygens (including phenoxy) is 1. The smallest absolute Gasteiger partial charge is 0.347 e. The number of hydrogen-bond donors (Lipinski definition) is 1. The van der Waals surface area contributed by atoms with Crippen LogP contribution in [0.2, 0.25) is 0 Å². The fourth-order valence-corrected chi connectivity index (χ4v) is 4.41. The predicted octanol–water partition coefficient (Wildman–Crippen LogP) is 2.09. The highest BCUT2D eigenvalue weighted by molar-refractivity contribution is 6.02. The maximum atomic E-state index is 12.6. The first-order valence-corrected chi connectivity index (χ1v) is 11.4. The van der Waals surface area contributed by atoms with Gasteiger partial charge >= 0.3 is 5.63 Å². The molecule has 3 heterocycles. The van der Waals surface area contributed by atoms with Gasteiger partial charge in [0.1, 0.15) is 23.3 Å². The van der Waals surface area contributed by atoms with Gasteiger partial charge in [0.15, 0.2) is 0 Å². The van der Waals surface area contributed by atoms with Gasteiger partial charge in [0.2, 0.25) is 5.91 Å². The molecule has 4 aromatic rings. The lowest BCUT2D eigenvalue weighted by atomic mass is 10.2. The quantitative estimate of drug-likeness (QED) is 0.421. The second-order valence-corrected chi connectivity index (χ2v) is 8.33. The minimum Gasteiger partial charge on any atom is -0.497 e. The number of nitrogens with one attached hydrogen (secondary N) is 1. The van der Waals surface area contributed by atoms with E-state index in [-0.39, 0.29) is 12.5 Å². The van der Waals surface area contributed by atoms with Gasteiger partial charge in [-0.3, -0.25) is 14.4 Å². The molecule has 2 aromatic heterocycles. The third kappa shape index (κ3) is 4.47. The van der Waals surface area contributed by atoms with Crippen LogP contribution >= 0.6 is 0 Å². The number of piperazine rings is 1. The summed E-state index contributed by atoms with van der Waals surface area (Å²) in [6.07, 6.45) is 1.46. The second-order valence-electron chi connectivity index (χ2n) is 8.33. The first-order chi connectivity index (χ1) is 16.6. The minimum absolute atomic E-state index is 0.0438. The number of aromatic nitrogens is 2. The largest absolute Gasteiger partial charge is 0.497 e. The maximum absolute atomic E-state index is 12.6. The Balaban J connectivity index is 1.13. The van der Waals surface area contributed by atoms with Crippen molar-refractivity contribution in [3.63, 3.8) is 0 Å². The van der Waals surface area contributed by atoms with Crippen molar-refractivity contribution >= 4 is 33.5 Å². The number of nitrogens with zero attached hydrogens (tertiary/aromatic N) is 4. The summed E-state index contributed by atoms with van der Waals surface area (Å²) in [4.78, 5) is 29.6. The van der Waals surface area contributed by atoms with Gasteiger partial charge in [-0.25, -0.2) is 4.79 Å². The number of fused-ring (bicyclic) bond motifs is 3. The summed E-state index contributed by atoms with van der Waals surface area (Å²) >= 11 is 0. The first kappa shape index (κ1) is 22.0. The normalized spacial score (nSPS) is 14.6. The van der Waals surface area contributed by atoms with Crippen molar-refractivity contribution in [3.05, 3.63) is 65.1 Å². The molecular weight excluding hydrogens is 434 g/mol. The highest BCUT2D eigenvalue weighted by atomic mass is 16.5. The lowest BCUT2D eigenvalue weighted by Gasteiger charge is -2.36. The lowest BCUT2D eigenvalue weighted by molar-refractivity contribution is -0.121. The molecule has 9 heteroatoms. The molecule has 5 rings (SSSR count). The monoisotopic (exact) mass is 461 g/mol. The average molecular weight is 462 g/mol. The molecule has 0 unspecified atom stereocenters. The molecule has 34 heavy (non-hydrogen) atoms. The average Bonchev–Trinajstić information content (AvgIpc) is 3.29. The van der Waals surface area contributed by atoms with Crippen molar-refractivity contribution < 1.29 is 13.9 Å². The van der Waals surface area contributed by atoms with Gasteiger partial charge in [-0.15, -0.1) is 0 Å². The zero-order chi connectivity index (χ0) is 23.5. The number of carbonyl (C=O) groups is 1. The van der Waals surface area contributed by atoms with Crippen LogP contribution in [0.25, 0.3) is 21.9 Å². The second kappa shape index (κ2) is 9.56. The van der Waals surface area contributed by atoms with Crippen LogP contribution in [0.5, 0.6) is 5.75 Å². The summed E-state index contributed by atoms with van der Waals surface area (Å²) in [6, 6.07) is 15.4. The van der Waals surface area contributed by atoms with Crippen molar-refractivity contribution in [2.45, 2.75) is 6.54 Å². The maximum Gasteiger partial charge on any atom is 0.347 e. The molecule has 1 amide bonds. The van der Waals surface area contributed by atoms with E-state index in [1.807, 2.05) is 24.3 Å². The van der Waals surface area contributed by atoms with Gasteiger partial charge in [0, 0.05) is 50.3 Å². The molecule has 1 aliphatic heterocycles. The number of amides is 1. The number of anilines is 1. The molecule has 0 saturated carbocycles. The number of para-hydroxylation sites is 1. The Kier molecular flexibility index (Phi) is 6.18. The van der Waals surface area contributed by atoms with Crippen LogP contribution < -0.4 is 20.6 Å². The van der Waals surface area contributed by atoms with Crippen molar-refractivity contribution in [2.24, 2.45) is 0 Å². The van der Waals surface area contributed by atoms with E-state index in [1.54, 1.807) is 23.9 Å². The number of methoxy groups -OCH3 is 1. The number of benzene rings is 2. The molecule has 1 fully saturated rings. The lowest BCUT2D eigenvalue weighted by Crippen LogP contribution is -2.48. The van der Waals surface area contributed by atoms with E-state index in [4.69, 9.17) is 9.15 Å². The van der Waals surface area contributed by atoms with Gasteiger partial charge in [-0.1, -0.05) is 12.1 Å². The van der Waals surface area contributed by atoms with E-state index in [1.165, 1.54) is 11.9 Å². The highest BCUT2D eigenvalue weighted by Crippen LogP contribution is 2.22. The van der Waals surface area contributed by atoms with Gasteiger partial charge < -0.3 is 19.4 Å². The van der Waals surface area contributed by atoms with Crippen LogP contribution in [0.3, 0.4) is 0 Å². The third-order valence-electron chi connectivity index (χ3n) is 6.26. The van der Waals surface area contributed by atoms with Crippen LogP contribution in [-0.4, -0.2) is 67.0 Å². The standard InChI is InChI=1S/C25H27N5O4/c1-33-19-8-6-18(7-9-19)29-14-12-28(13-15-29)11-10-26-23(31)17-30-24-20-4-2-3-5-22(20)34-25(32)21(24)16-27-30/h2-9,16H,10-15,17H2,1H3,(H,26,31). The molecule has 0 aliphatic carbocycles. The van der Waals surface area contributed by atoms with Crippen LogP contribution in [0.4, 0.5) is 5.69 Å². The summed E-state index contributed by atoms with van der Waals surface area (Å²) < 4.78 is 12.1. The van der Waals surface area contributed by atoms with Crippen molar-refractivity contribution in [3.8, 4) is 5.75 Å². The van der Waals surface area contributed by atoms with E-state index >= 15 is 0 Å². The molecular formula is C25H27N5O4. The van der Waals surface area contributed by atoms with Crippen LogP contribution in [0, 0.1) is 0 Å². The fourth-order valence-electron chi connectivity index (χ4n) is 4.41. The fraction of sp³-hybridized carbons (Fsp3) is 0.320. The molecule has 2 aromatic carbocycles. The number of hydrogen-bond acceptors (Lipinski definition) is 7. The SMILES string of the molecule is COc1ccc(N2CCN(CCNC(=O)Cn3ncc4c(=O)oc5ccccc5c43)CC2)cc1. The highest BCUT2D eigenvalue weighted by Gasteiger charge is 2.18. The Labute approximate surface area is 196 Å². The van der Waals surface area contributed by atoms with E-state index in [9.17, 15) is 9.59 Å². The molecule has 0 bridgehead atoms. The van der Waals surface area contributed by atoms with Gasteiger partial charge in [-0.2, -0.15) is 5.10 Å². The van der Waals surface area contributed by atoms with Crippen molar-refractivity contribution in [1.82, 2.24) is 20.0 Å². The zero-order valence-electron chi connectivity index (χ0n) is 19.1. The van der Waals surface area contributed by atoms with Gasteiger partial charge in [-0.05, 0) is 36.4 Å². The Bertz CT molecular complexity index is 1350. The van der Waals surface area contributed by atoms with Crippen LogP contribution in [-0.2, 0) is 11.3 Å². The minimum atomic E-state index is -0.450.